The Morgan fingerprint density at radius 1 is 0.706 bits per heavy atom. The van der Waals surface area contributed by atoms with Crippen LogP contribution in [0.5, 0.6) is 0 Å². The standard InChI is InChI=1S/C28H29NO5/c29-16-24-26(30)28(33-19-23-14-8-3-9-15-23)27(32-18-22-12-6-2-7-13-22)25(34-24)20-31-17-21-10-4-1-5-11-21/h1-15,24-28,30H,17-20H2/t24-,25+,26-,27-,28+/m0/s1. The van der Waals surface area contributed by atoms with E-state index in [0.29, 0.717) is 13.2 Å². The maximum Gasteiger partial charge on any atom is 0.172 e. The molecule has 0 saturated carbocycles. The lowest BCUT2D eigenvalue weighted by atomic mass is 9.95. The van der Waals surface area contributed by atoms with Gasteiger partial charge in [-0.3, -0.25) is 0 Å². The molecule has 0 radical (unpaired) electrons. The van der Waals surface area contributed by atoms with Gasteiger partial charge in [-0.15, -0.1) is 0 Å². The molecule has 0 aliphatic carbocycles. The molecule has 5 atom stereocenters. The van der Waals surface area contributed by atoms with Gasteiger partial charge in [0.2, 0.25) is 0 Å². The third kappa shape index (κ3) is 6.51. The molecule has 0 unspecified atom stereocenters. The van der Waals surface area contributed by atoms with Gasteiger partial charge in [0.05, 0.1) is 32.5 Å². The van der Waals surface area contributed by atoms with Gasteiger partial charge in [0.1, 0.15) is 24.4 Å². The molecule has 0 amide bonds. The number of nitrogens with zero attached hydrogens (tertiary/aromatic N) is 1. The van der Waals surface area contributed by atoms with Crippen molar-refractivity contribution in [1.29, 1.82) is 5.26 Å². The van der Waals surface area contributed by atoms with E-state index >= 15 is 0 Å². The molecule has 0 aromatic heterocycles. The Balaban J connectivity index is 1.49. The minimum absolute atomic E-state index is 0.199. The lowest BCUT2D eigenvalue weighted by molar-refractivity contribution is -0.250. The molecule has 34 heavy (non-hydrogen) atoms. The first-order chi connectivity index (χ1) is 16.7. The Morgan fingerprint density at radius 3 is 1.68 bits per heavy atom. The molecule has 6 heteroatoms. The summed E-state index contributed by atoms with van der Waals surface area (Å²) in [4.78, 5) is 0. The number of aliphatic hydroxyl groups is 1. The van der Waals surface area contributed by atoms with E-state index in [1.807, 2.05) is 91.0 Å². The summed E-state index contributed by atoms with van der Waals surface area (Å²) in [6.07, 6.45) is -4.16. The van der Waals surface area contributed by atoms with E-state index in [1.165, 1.54) is 0 Å². The third-order valence-corrected chi connectivity index (χ3v) is 5.75. The van der Waals surface area contributed by atoms with Gasteiger partial charge in [0.15, 0.2) is 6.10 Å². The third-order valence-electron chi connectivity index (χ3n) is 5.75. The molecule has 1 aliphatic rings. The van der Waals surface area contributed by atoms with Crippen LogP contribution in [0.4, 0.5) is 0 Å². The highest BCUT2D eigenvalue weighted by Gasteiger charge is 2.47. The molecule has 1 N–H and O–H groups in total. The smallest absolute Gasteiger partial charge is 0.172 e. The zero-order chi connectivity index (χ0) is 23.6. The second-order valence-electron chi connectivity index (χ2n) is 8.24. The molecule has 1 fully saturated rings. The van der Waals surface area contributed by atoms with Crippen LogP contribution in [0, 0.1) is 11.3 Å². The minimum atomic E-state index is -1.15. The topological polar surface area (TPSA) is 80.9 Å². The van der Waals surface area contributed by atoms with Gasteiger partial charge in [-0.05, 0) is 16.7 Å². The van der Waals surface area contributed by atoms with Crippen LogP contribution < -0.4 is 0 Å². The van der Waals surface area contributed by atoms with Crippen LogP contribution in [0.3, 0.4) is 0 Å². The van der Waals surface area contributed by atoms with Crippen LogP contribution in [0.2, 0.25) is 0 Å². The van der Waals surface area contributed by atoms with Gasteiger partial charge in [0.25, 0.3) is 0 Å². The number of nitriles is 1. The van der Waals surface area contributed by atoms with E-state index in [2.05, 4.69) is 6.07 Å². The van der Waals surface area contributed by atoms with Crippen LogP contribution in [-0.4, -0.2) is 42.2 Å². The van der Waals surface area contributed by atoms with Crippen LogP contribution in [0.25, 0.3) is 0 Å². The summed E-state index contributed by atoms with van der Waals surface area (Å²) in [6, 6.07) is 31.4. The zero-order valence-corrected chi connectivity index (χ0v) is 18.9. The fourth-order valence-electron chi connectivity index (χ4n) is 3.96. The van der Waals surface area contributed by atoms with Crippen molar-refractivity contribution in [1.82, 2.24) is 0 Å². The normalized spacial score (nSPS) is 24.4. The molecule has 1 heterocycles. The Labute approximate surface area is 200 Å². The van der Waals surface area contributed by atoms with Gasteiger partial charge in [-0.2, -0.15) is 5.26 Å². The number of hydrogen-bond acceptors (Lipinski definition) is 6. The van der Waals surface area contributed by atoms with Crippen molar-refractivity contribution in [2.45, 2.75) is 50.3 Å². The predicted octanol–water partition coefficient (Wildman–Crippen LogP) is 4.03. The average molecular weight is 460 g/mol. The summed E-state index contributed by atoms with van der Waals surface area (Å²) in [7, 11) is 0. The first-order valence-corrected chi connectivity index (χ1v) is 11.4. The van der Waals surface area contributed by atoms with E-state index < -0.39 is 30.5 Å². The van der Waals surface area contributed by atoms with Crippen molar-refractivity contribution in [2.75, 3.05) is 6.61 Å². The number of aliphatic hydroxyl groups excluding tert-OH is 1. The summed E-state index contributed by atoms with van der Waals surface area (Å²) in [6.45, 7) is 1.20. The highest BCUT2D eigenvalue weighted by molar-refractivity contribution is 5.15. The second-order valence-corrected chi connectivity index (χ2v) is 8.24. The molecule has 1 aliphatic heterocycles. The quantitative estimate of drug-likeness (QED) is 0.493. The fourth-order valence-corrected chi connectivity index (χ4v) is 3.96. The Morgan fingerprint density at radius 2 is 1.18 bits per heavy atom. The molecule has 4 rings (SSSR count). The minimum Gasteiger partial charge on any atom is -0.386 e. The molecule has 176 valence electrons. The van der Waals surface area contributed by atoms with Gasteiger partial charge in [-0.25, -0.2) is 0 Å². The van der Waals surface area contributed by atoms with E-state index in [1.54, 1.807) is 0 Å². The maximum absolute atomic E-state index is 10.9. The van der Waals surface area contributed by atoms with Crippen molar-refractivity contribution in [3.63, 3.8) is 0 Å². The highest BCUT2D eigenvalue weighted by atomic mass is 16.6. The van der Waals surface area contributed by atoms with Crippen LogP contribution in [0.15, 0.2) is 91.0 Å². The largest absolute Gasteiger partial charge is 0.386 e. The van der Waals surface area contributed by atoms with Crippen LogP contribution in [-0.2, 0) is 38.8 Å². The van der Waals surface area contributed by atoms with Crippen molar-refractivity contribution < 1.29 is 24.1 Å². The zero-order valence-electron chi connectivity index (χ0n) is 18.9. The Bertz CT molecular complexity index is 1020. The van der Waals surface area contributed by atoms with Crippen molar-refractivity contribution >= 4 is 0 Å². The van der Waals surface area contributed by atoms with Crippen LogP contribution in [0.1, 0.15) is 16.7 Å². The maximum atomic E-state index is 10.9. The van der Waals surface area contributed by atoms with E-state index in [0.717, 1.165) is 16.7 Å². The van der Waals surface area contributed by atoms with Gasteiger partial charge in [-0.1, -0.05) is 91.0 Å². The summed E-state index contributed by atoms with van der Waals surface area (Å²) in [5, 5.41) is 20.5. The lowest BCUT2D eigenvalue weighted by Crippen LogP contribution is -2.60. The van der Waals surface area contributed by atoms with Crippen molar-refractivity contribution in [3.8, 4) is 6.07 Å². The SMILES string of the molecule is N#C[C@@H]1O[C@H](COCc2ccccc2)[C@H](OCc2ccccc2)[C@H](OCc2ccccc2)[C@H]1O. The first kappa shape index (κ1) is 24.1. The molecule has 3 aromatic carbocycles. The molecule has 0 spiro atoms. The van der Waals surface area contributed by atoms with Gasteiger partial charge >= 0.3 is 0 Å². The summed E-state index contributed by atoms with van der Waals surface area (Å²) in [5.41, 5.74) is 2.99. The average Bonchev–Trinajstić information content (AvgIpc) is 2.89. The molecule has 0 bridgehead atoms. The van der Waals surface area contributed by atoms with Gasteiger partial charge < -0.3 is 24.1 Å². The summed E-state index contributed by atoms with van der Waals surface area (Å²) < 4.78 is 24.3. The van der Waals surface area contributed by atoms with E-state index in [4.69, 9.17) is 18.9 Å². The highest BCUT2D eigenvalue weighted by Crippen LogP contribution is 2.28. The number of ether oxygens (including phenoxy) is 4. The number of rotatable bonds is 10. The van der Waals surface area contributed by atoms with E-state index in [9.17, 15) is 10.4 Å². The van der Waals surface area contributed by atoms with Crippen molar-refractivity contribution in [2.24, 2.45) is 0 Å². The van der Waals surface area contributed by atoms with Crippen LogP contribution >= 0.6 is 0 Å². The molecule has 1 saturated heterocycles. The van der Waals surface area contributed by atoms with Crippen molar-refractivity contribution in [3.05, 3.63) is 108 Å². The van der Waals surface area contributed by atoms with E-state index in [-0.39, 0.29) is 13.2 Å². The summed E-state index contributed by atoms with van der Waals surface area (Å²) in [5.74, 6) is 0. The Hall–Kier alpha value is -3.05. The second kappa shape index (κ2) is 12.4. The number of hydrogen-bond donors (Lipinski definition) is 1. The molecule has 3 aromatic rings. The molecular weight excluding hydrogens is 430 g/mol. The van der Waals surface area contributed by atoms with Gasteiger partial charge in [0, 0.05) is 0 Å². The number of benzene rings is 3. The molecule has 6 nitrogen and oxygen atoms in total. The first-order valence-electron chi connectivity index (χ1n) is 11.4. The summed E-state index contributed by atoms with van der Waals surface area (Å²) >= 11 is 0. The monoisotopic (exact) mass is 459 g/mol. The molecular formula is C28H29NO5. The lowest BCUT2D eigenvalue weighted by Gasteiger charge is -2.42. The Kier molecular flexibility index (Phi) is 8.80. The fraction of sp³-hybridized carbons (Fsp3) is 0.321. The predicted molar refractivity (Wildman–Crippen MR) is 126 cm³/mol.